The second kappa shape index (κ2) is 142. The highest BCUT2D eigenvalue weighted by Gasteiger charge is 1.91. The lowest BCUT2D eigenvalue weighted by atomic mass is 10.3. The Morgan fingerprint density at radius 1 is 0.226 bits per heavy atom. The molecule has 0 amide bonds. The summed E-state index contributed by atoms with van der Waals surface area (Å²) in [6.45, 7) is 81.7. The van der Waals surface area contributed by atoms with Crippen molar-refractivity contribution in [1.82, 2.24) is 70.0 Å². The van der Waals surface area contributed by atoms with E-state index in [1.807, 2.05) is 194 Å². The van der Waals surface area contributed by atoms with Crippen molar-refractivity contribution in [2.24, 2.45) is 41.4 Å². The number of hydrogen-bond donors (Lipinski definition) is 1. The van der Waals surface area contributed by atoms with Gasteiger partial charge in [0.1, 0.15) is 12.7 Å². The van der Waals surface area contributed by atoms with Gasteiger partial charge in [0.25, 0.3) is 0 Å². The number of rotatable bonds is 1. The summed E-state index contributed by atoms with van der Waals surface area (Å²) in [6.07, 6.45) is 31.5. The molecule has 93 heavy (non-hydrogen) atoms. The number of aromatic amines is 1. The minimum absolute atomic E-state index is 0.491. The maximum absolute atomic E-state index is 4.03. The molecule has 0 aliphatic carbocycles. The smallest absolute Gasteiger partial charge is 0.138 e. The summed E-state index contributed by atoms with van der Waals surface area (Å²) in [4.78, 5) is 28.6. The molecular formula is C79H158N14. The van der Waals surface area contributed by atoms with Crippen molar-refractivity contribution < 1.29 is 0 Å². The molecule has 0 aliphatic heterocycles. The maximum atomic E-state index is 4.03. The number of hydrogen-bond acceptors (Lipinski definition) is 12. The Morgan fingerprint density at radius 2 is 0.484 bits per heavy atom. The first-order valence-electron chi connectivity index (χ1n) is 34.9. The van der Waals surface area contributed by atoms with Crippen molar-refractivity contribution in [3.8, 4) is 0 Å². The summed E-state index contributed by atoms with van der Waals surface area (Å²) >= 11 is 0. The fourth-order valence-electron chi connectivity index (χ4n) is 2.46. The number of nitrogens with one attached hydrogen (secondary N) is 1. The van der Waals surface area contributed by atoms with Gasteiger partial charge in [-0.1, -0.05) is 299 Å². The van der Waals surface area contributed by atoms with Crippen LogP contribution in [-0.2, 0) is 0 Å². The Bertz CT molecular complexity index is 1460. The molecule has 0 spiro atoms. The van der Waals surface area contributed by atoms with Crippen molar-refractivity contribution in [3.05, 3.63) is 197 Å². The molecule has 8 rings (SSSR count). The van der Waals surface area contributed by atoms with Gasteiger partial charge in [-0.3, -0.25) is 19.6 Å². The normalized spacial score (nSPS) is 7.65. The average molecular weight is 1300 g/mol. The van der Waals surface area contributed by atoms with Crippen LogP contribution in [0.5, 0.6) is 0 Å². The third kappa shape index (κ3) is 289. The number of nitrogens with zero attached hydrogens (tertiary/aromatic N) is 13. The summed E-state index contributed by atoms with van der Waals surface area (Å²) in [6, 6.07) is 25.6. The summed E-state index contributed by atoms with van der Waals surface area (Å²) in [5.41, 5.74) is 0. The maximum Gasteiger partial charge on any atom is 0.138 e. The third-order valence-corrected chi connectivity index (χ3v) is 4.54. The lowest BCUT2D eigenvalue weighted by Gasteiger charge is -2.01. The van der Waals surface area contributed by atoms with Gasteiger partial charge in [-0.2, -0.15) is 20.4 Å². The van der Waals surface area contributed by atoms with Crippen LogP contribution in [0, 0.1) is 41.4 Å². The fraction of sp³-hybridized carbons (Fsp3) is 0.595. The van der Waals surface area contributed by atoms with E-state index in [-0.39, 0.29) is 0 Å². The van der Waals surface area contributed by atoms with E-state index in [9.17, 15) is 0 Å². The van der Waals surface area contributed by atoms with Crippen molar-refractivity contribution >= 4 is 0 Å². The summed E-state index contributed by atoms with van der Waals surface area (Å²) in [5.74, 6) is 5.83. The minimum atomic E-state index is 0.491. The lowest BCUT2D eigenvalue weighted by Crippen LogP contribution is -1.99. The molecule has 0 bridgehead atoms. The van der Waals surface area contributed by atoms with Gasteiger partial charge in [0.15, 0.2) is 0 Å². The number of benzene rings is 1. The van der Waals surface area contributed by atoms with E-state index >= 15 is 0 Å². The van der Waals surface area contributed by atoms with Crippen LogP contribution in [0.15, 0.2) is 197 Å². The highest BCUT2D eigenvalue weighted by Crippen LogP contribution is 1.98. The van der Waals surface area contributed by atoms with E-state index in [0.717, 1.165) is 41.4 Å². The predicted octanol–water partition coefficient (Wildman–Crippen LogP) is 25.8. The lowest BCUT2D eigenvalue weighted by molar-refractivity contribution is 0.532. The zero-order valence-electron chi connectivity index (χ0n) is 68.4. The summed E-state index contributed by atoms with van der Waals surface area (Å²) < 4.78 is 1.92. The molecule has 0 saturated carbocycles. The molecular weight excluding hydrogens is 1140 g/mol. The zero-order chi connectivity index (χ0) is 76.0. The van der Waals surface area contributed by atoms with Crippen LogP contribution < -0.4 is 0 Å². The molecule has 0 saturated heterocycles. The van der Waals surface area contributed by atoms with Crippen LogP contribution in [0.3, 0.4) is 0 Å². The largest absolute Gasteiger partial charge is 0.351 e. The molecule has 8 aromatic rings. The highest BCUT2D eigenvalue weighted by molar-refractivity contribution is 4.99. The molecule has 544 valence electrons. The average Bonchev–Trinajstić information content (AvgIpc) is 3.60. The number of aromatic nitrogens is 14. The number of pyridine rings is 1. The molecule has 0 aliphatic rings. The first kappa shape index (κ1) is 123. The van der Waals surface area contributed by atoms with Crippen molar-refractivity contribution in [1.29, 1.82) is 0 Å². The quantitative estimate of drug-likeness (QED) is 0.165. The molecule has 1 N–H and O–H groups in total. The molecule has 1 aromatic carbocycles. The second-order valence-electron chi connectivity index (χ2n) is 20.7. The van der Waals surface area contributed by atoms with Gasteiger partial charge in [-0.25, -0.2) is 19.9 Å². The van der Waals surface area contributed by atoms with Gasteiger partial charge >= 0.3 is 0 Å². The Hall–Kier alpha value is -6.96. The SMILES string of the molecule is CC.CC.CC.CC.CC.CC.CC.CC.CC(C)C.CC(C)C.CC(C)C.CC(C)C.CC(C)C.CC(C)C.CC(C)C.CC(C)n1cccn1.c1c[nH]cn1.c1ccccc1.c1ccncc1.c1ccnnc1.c1cnccn1.c1cncnc1.c1cnncn1. The van der Waals surface area contributed by atoms with Gasteiger partial charge < -0.3 is 4.98 Å². The molecule has 7 heterocycles. The van der Waals surface area contributed by atoms with Gasteiger partial charge in [0, 0.05) is 99.0 Å². The Balaban J connectivity index is -0.0000000533. The van der Waals surface area contributed by atoms with Gasteiger partial charge in [-0.15, -0.1) is 5.10 Å². The Labute approximate surface area is 581 Å². The molecule has 0 fully saturated rings. The van der Waals surface area contributed by atoms with E-state index in [1.54, 1.807) is 99.1 Å². The van der Waals surface area contributed by atoms with Crippen LogP contribution >= 0.6 is 0 Å². The zero-order valence-corrected chi connectivity index (χ0v) is 68.4. The van der Waals surface area contributed by atoms with Crippen LogP contribution in [-0.4, -0.2) is 70.0 Å². The van der Waals surface area contributed by atoms with Crippen LogP contribution in [0.1, 0.15) is 276 Å². The van der Waals surface area contributed by atoms with Crippen molar-refractivity contribution in [3.63, 3.8) is 0 Å². The predicted molar refractivity (Wildman–Crippen MR) is 422 cm³/mol. The van der Waals surface area contributed by atoms with Gasteiger partial charge in [0.2, 0.25) is 0 Å². The Morgan fingerprint density at radius 3 is 0.581 bits per heavy atom. The third-order valence-electron chi connectivity index (χ3n) is 4.54. The highest BCUT2D eigenvalue weighted by atomic mass is 15.3. The topological polar surface area (TPSA) is 175 Å². The van der Waals surface area contributed by atoms with Crippen LogP contribution in [0.4, 0.5) is 0 Å². The van der Waals surface area contributed by atoms with E-state index in [0.29, 0.717) is 6.04 Å². The van der Waals surface area contributed by atoms with E-state index in [1.165, 1.54) is 18.9 Å². The Kier molecular flexibility index (Phi) is 188. The van der Waals surface area contributed by atoms with Crippen LogP contribution in [0.2, 0.25) is 0 Å². The van der Waals surface area contributed by atoms with Gasteiger partial charge in [0.05, 0.1) is 12.5 Å². The molecule has 7 aromatic heterocycles. The van der Waals surface area contributed by atoms with Gasteiger partial charge in [-0.05, 0) is 91.7 Å². The molecule has 0 radical (unpaired) electrons. The van der Waals surface area contributed by atoms with Crippen LogP contribution in [0.25, 0.3) is 0 Å². The first-order valence-corrected chi connectivity index (χ1v) is 34.9. The molecule has 14 heteroatoms. The summed E-state index contributed by atoms with van der Waals surface area (Å²) in [5, 5.41) is 18.0. The molecule has 14 nitrogen and oxygen atoms in total. The fourth-order valence-corrected chi connectivity index (χ4v) is 2.46. The van der Waals surface area contributed by atoms with Crippen molar-refractivity contribution in [2.45, 2.75) is 276 Å². The molecule has 0 atom stereocenters. The van der Waals surface area contributed by atoms with E-state index in [2.05, 4.69) is 225 Å². The minimum Gasteiger partial charge on any atom is -0.351 e. The standard InChI is InChI=1S/C6H10N2.C6H6.C5H5N.3C4H4N2.7C4H10.C3H3N3.C3H4N2.8C2H6/c1-6(2)8-5-3-4-7-8;2*1-2-4-6-5-3-1;1-2-6-4-3-5-1;1-2-5-4-6-3-1;1-2-4-6-5-3-1;7*1-4(2)3;1-2-5-6-3-4-1;1-2-5-3-4-1;8*1-2/h3-6H,1-2H3;1-6H;1-5H;3*1-4H;7*4H,1-3H3;1-3H;1-3H,(H,4,5);8*1-2H3. The van der Waals surface area contributed by atoms with Crippen molar-refractivity contribution in [2.75, 3.05) is 0 Å². The first-order chi connectivity index (χ1) is 44.4. The second-order valence-corrected chi connectivity index (χ2v) is 20.7. The number of H-pyrrole nitrogens is 1. The molecule has 0 unspecified atom stereocenters. The number of imidazole rings is 1. The van der Waals surface area contributed by atoms with E-state index in [4.69, 9.17) is 0 Å². The summed E-state index contributed by atoms with van der Waals surface area (Å²) in [7, 11) is 0. The van der Waals surface area contributed by atoms with E-state index < -0.39 is 0 Å². The monoisotopic (exact) mass is 1300 g/mol.